The van der Waals surface area contributed by atoms with E-state index in [9.17, 15) is 4.79 Å². The lowest BCUT2D eigenvalue weighted by Crippen LogP contribution is -2.37. The highest BCUT2D eigenvalue weighted by Gasteiger charge is 2.48. The standard InChI is InChI=1S/C12H18N2O2/c1-8-3-4-10(16-8)9(2)14-11(15)12(7-13)5-6-12/h3-4,9H,5-7,13H2,1-2H3,(H,14,15). The monoisotopic (exact) mass is 222 g/mol. The number of rotatable bonds is 4. The van der Waals surface area contributed by atoms with Gasteiger partial charge in [-0.25, -0.2) is 0 Å². The molecule has 0 radical (unpaired) electrons. The summed E-state index contributed by atoms with van der Waals surface area (Å²) in [6.45, 7) is 4.24. The lowest BCUT2D eigenvalue weighted by atomic mass is 10.1. The van der Waals surface area contributed by atoms with Crippen LogP contribution in [0, 0.1) is 12.3 Å². The Morgan fingerprint density at radius 1 is 1.62 bits per heavy atom. The zero-order valence-corrected chi connectivity index (χ0v) is 9.75. The van der Waals surface area contributed by atoms with E-state index >= 15 is 0 Å². The van der Waals surface area contributed by atoms with Crippen LogP contribution >= 0.6 is 0 Å². The first-order valence-corrected chi connectivity index (χ1v) is 5.65. The maximum absolute atomic E-state index is 11.9. The Balaban J connectivity index is 1.97. The van der Waals surface area contributed by atoms with Crippen molar-refractivity contribution in [3.63, 3.8) is 0 Å². The van der Waals surface area contributed by atoms with Gasteiger partial charge in [-0.3, -0.25) is 4.79 Å². The second-order valence-corrected chi connectivity index (χ2v) is 4.63. The summed E-state index contributed by atoms with van der Waals surface area (Å²) in [5, 5.41) is 2.95. The molecule has 1 aliphatic carbocycles. The number of nitrogens with two attached hydrogens (primary N) is 1. The predicted molar refractivity (Wildman–Crippen MR) is 60.7 cm³/mol. The molecule has 1 aromatic rings. The zero-order valence-electron chi connectivity index (χ0n) is 9.75. The molecule has 1 aromatic heterocycles. The van der Waals surface area contributed by atoms with Crippen LogP contribution in [0.1, 0.15) is 37.3 Å². The highest BCUT2D eigenvalue weighted by Crippen LogP contribution is 2.45. The Labute approximate surface area is 95.2 Å². The Hall–Kier alpha value is -1.29. The number of carbonyl (C=O) groups is 1. The van der Waals surface area contributed by atoms with Gasteiger partial charge in [0.25, 0.3) is 0 Å². The molecule has 3 N–H and O–H groups in total. The lowest BCUT2D eigenvalue weighted by Gasteiger charge is -2.16. The van der Waals surface area contributed by atoms with Gasteiger partial charge in [-0.05, 0) is 38.8 Å². The highest BCUT2D eigenvalue weighted by atomic mass is 16.3. The normalized spacial score (nSPS) is 19.2. The summed E-state index contributed by atoms with van der Waals surface area (Å²) in [4.78, 5) is 11.9. The Morgan fingerprint density at radius 2 is 2.31 bits per heavy atom. The topological polar surface area (TPSA) is 68.3 Å². The van der Waals surface area contributed by atoms with Crippen LogP contribution in [0.2, 0.25) is 0 Å². The lowest BCUT2D eigenvalue weighted by molar-refractivity contribution is -0.126. The highest BCUT2D eigenvalue weighted by molar-refractivity contribution is 5.85. The molecular formula is C12H18N2O2. The fraction of sp³-hybridized carbons (Fsp3) is 0.583. The Kier molecular flexibility index (Phi) is 2.76. The van der Waals surface area contributed by atoms with Gasteiger partial charge < -0.3 is 15.5 Å². The van der Waals surface area contributed by atoms with Crippen molar-refractivity contribution in [3.05, 3.63) is 23.7 Å². The van der Waals surface area contributed by atoms with Gasteiger partial charge in [0.2, 0.25) is 5.91 Å². The minimum absolute atomic E-state index is 0.0524. The number of amides is 1. The molecule has 88 valence electrons. The summed E-state index contributed by atoms with van der Waals surface area (Å²) < 4.78 is 5.47. The molecule has 4 heteroatoms. The van der Waals surface area contributed by atoms with E-state index in [1.807, 2.05) is 26.0 Å². The maximum Gasteiger partial charge on any atom is 0.228 e. The van der Waals surface area contributed by atoms with Crippen molar-refractivity contribution < 1.29 is 9.21 Å². The summed E-state index contributed by atoms with van der Waals surface area (Å²) >= 11 is 0. The molecule has 1 unspecified atom stereocenters. The molecule has 0 bridgehead atoms. The van der Waals surface area contributed by atoms with E-state index in [0.717, 1.165) is 24.4 Å². The van der Waals surface area contributed by atoms with E-state index in [4.69, 9.17) is 10.2 Å². The number of carbonyl (C=O) groups excluding carboxylic acids is 1. The van der Waals surface area contributed by atoms with Gasteiger partial charge in [-0.15, -0.1) is 0 Å². The third-order valence-corrected chi connectivity index (χ3v) is 3.26. The van der Waals surface area contributed by atoms with Crippen LogP contribution in [0.15, 0.2) is 16.5 Å². The molecule has 0 saturated heterocycles. The van der Waals surface area contributed by atoms with Gasteiger partial charge in [0.1, 0.15) is 11.5 Å². The molecule has 1 aliphatic rings. The van der Waals surface area contributed by atoms with Gasteiger partial charge >= 0.3 is 0 Å². The van der Waals surface area contributed by atoms with Crippen molar-refractivity contribution in [2.24, 2.45) is 11.1 Å². The number of nitrogens with one attached hydrogen (secondary N) is 1. The number of hydrogen-bond acceptors (Lipinski definition) is 3. The molecule has 1 heterocycles. The number of furan rings is 1. The van der Waals surface area contributed by atoms with Gasteiger partial charge in [0.05, 0.1) is 11.5 Å². The summed E-state index contributed by atoms with van der Waals surface area (Å²) in [5.41, 5.74) is 5.31. The summed E-state index contributed by atoms with van der Waals surface area (Å²) in [7, 11) is 0. The molecule has 4 nitrogen and oxygen atoms in total. The molecule has 0 aromatic carbocycles. The van der Waals surface area contributed by atoms with Crippen LogP contribution in [0.4, 0.5) is 0 Å². The van der Waals surface area contributed by atoms with Crippen molar-refractivity contribution >= 4 is 5.91 Å². The van der Waals surface area contributed by atoms with Crippen LogP contribution < -0.4 is 11.1 Å². The molecule has 2 rings (SSSR count). The van der Waals surface area contributed by atoms with E-state index in [0.29, 0.717) is 6.54 Å². The van der Waals surface area contributed by atoms with Crippen LogP contribution in [0.25, 0.3) is 0 Å². The molecule has 0 spiro atoms. The van der Waals surface area contributed by atoms with Crippen LogP contribution in [0.3, 0.4) is 0 Å². The first-order chi connectivity index (χ1) is 7.57. The average molecular weight is 222 g/mol. The van der Waals surface area contributed by atoms with Crippen molar-refractivity contribution in [2.45, 2.75) is 32.7 Å². The smallest absolute Gasteiger partial charge is 0.228 e. The van der Waals surface area contributed by atoms with Gasteiger partial charge in [-0.2, -0.15) is 0 Å². The van der Waals surface area contributed by atoms with E-state index in [1.165, 1.54) is 0 Å². The predicted octanol–water partition coefficient (Wildman–Crippen LogP) is 1.50. The largest absolute Gasteiger partial charge is 0.464 e. The first kappa shape index (κ1) is 11.2. The summed E-state index contributed by atoms with van der Waals surface area (Å²) in [5.74, 6) is 1.70. The quantitative estimate of drug-likeness (QED) is 0.811. The number of aryl methyl sites for hydroxylation is 1. The van der Waals surface area contributed by atoms with Crippen molar-refractivity contribution in [3.8, 4) is 0 Å². The molecule has 1 fully saturated rings. The number of hydrogen-bond donors (Lipinski definition) is 2. The van der Waals surface area contributed by atoms with Gasteiger partial charge in [-0.1, -0.05) is 0 Å². The fourth-order valence-corrected chi connectivity index (χ4v) is 1.78. The molecular weight excluding hydrogens is 204 g/mol. The molecule has 16 heavy (non-hydrogen) atoms. The maximum atomic E-state index is 11.9. The minimum Gasteiger partial charge on any atom is -0.464 e. The van der Waals surface area contributed by atoms with Crippen molar-refractivity contribution in [2.75, 3.05) is 6.54 Å². The molecule has 1 atom stereocenters. The molecule has 1 amide bonds. The third-order valence-electron chi connectivity index (χ3n) is 3.26. The molecule has 1 saturated carbocycles. The van der Waals surface area contributed by atoms with E-state index in [2.05, 4.69) is 5.32 Å². The van der Waals surface area contributed by atoms with Crippen molar-refractivity contribution in [1.82, 2.24) is 5.32 Å². The van der Waals surface area contributed by atoms with E-state index < -0.39 is 0 Å². The van der Waals surface area contributed by atoms with Crippen LogP contribution in [0.5, 0.6) is 0 Å². The first-order valence-electron chi connectivity index (χ1n) is 5.65. The summed E-state index contributed by atoms with van der Waals surface area (Å²) in [6.07, 6.45) is 1.80. The summed E-state index contributed by atoms with van der Waals surface area (Å²) in [6, 6.07) is 3.70. The van der Waals surface area contributed by atoms with Crippen molar-refractivity contribution in [1.29, 1.82) is 0 Å². The minimum atomic E-state index is -0.296. The Morgan fingerprint density at radius 3 is 2.75 bits per heavy atom. The van der Waals surface area contributed by atoms with E-state index in [1.54, 1.807) is 0 Å². The molecule has 0 aliphatic heterocycles. The Bertz CT molecular complexity index is 393. The van der Waals surface area contributed by atoms with Gasteiger partial charge in [0.15, 0.2) is 0 Å². The van der Waals surface area contributed by atoms with Crippen LogP contribution in [-0.2, 0) is 4.79 Å². The van der Waals surface area contributed by atoms with Crippen LogP contribution in [-0.4, -0.2) is 12.5 Å². The van der Waals surface area contributed by atoms with E-state index in [-0.39, 0.29) is 17.4 Å². The second kappa shape index (κ2) is 3.94. The SMILES string of the molecule is Cc1ccc(C(C)NC(=O)C2(CN)CC2)o1. The fourth-order valence-electron chi connectivity index (χ4n) is 1.78. The zero-order chi connectivity index (χ0) is 11.8. The van der Waals surface area contributed by atoms with Gasteiger partial charge in [0, 0.05) is 6.54 Å². The average Bonchev–Trinajstić information content (AvgIpc) is 2.95. The third kappa shape index (κ3) is 1.97. The second-order valence-electron chi connectivity index (χ2n) is 4.63.